The molecule has 37 heavy (non-hydrogen) atoms. The van der Waals surface area contributed by atoms with E-state index in [9.17, 15) is 4.79 Å². The standard InChI is InChI=1S/C32H44N3O2/c1-31-17-15-22(37-29(36)20-35(4,5)6)19-21(31)11-12-23-25-13-14-27(32(25,2)18-16-26(23)31)30-24-9-7-8-10-28(24)33-34(30)3/h7-11,14,22-23,25-26H,12-13,15-20H2,1-6H3/q+1/t22-,23?,25?,26?,31-,32-/m0/s1. The maximum absolute atomic E-state index is 12.5. The molecule has 6 atom stereocenters. The highest BCUT2D eigenvalue weighted by molar-refractivity contribution is 5.92. The number of benzene rings is 1. The Bertz CT molecular complexity index is 1300. The third kappa shape index (κ3) is 4.00. The highest BCUT2D eigenvalue weighted by Crippen LogP contribution is 2.66. The molecule has 0 amide bonds. The highest BCUT2D eigenvalue weighted by Gasteiger charge is 2.57. The smallest absolute Gasteiger partial charge is 0.362 e. The van der Waals surface area contributed by atoms with Crippen LogP contribution in [-0.2, 0) is 16.6 Å². The summed E-state index contributed by atoms with van der Waals surface area (Å²) < 4.78 is 8.71. The predicted octanol–water partition coefficient (Wildman–Crippen LogP) is 6.15. The van der Waals surface area contributed by atoms with E-state index in [2.05, 4.69) is 62.0 Å². The van der Waals surface area contributed by atoms with E-state index in [1.165, 1.54) is 42.3 Å². The normalized spacial score (nSPS) is 35.3. The summed E-state index contributed by atoms with van der Waals surface area (Å²) in [6, 6.07) is 8.60. The van der Waals surface area contributed by atoms with Crippen molar-refractivity contribution >= 4 is 22.4 Å². The molecule has 0 spiro atoms. The number of hydrogen-bond acceptors (Lipinski definition) is 3. The number of likely N-dealkylation sites (N-methyl/N-ethyl adjacent to an activating group) is 1. The van der Waals surface area contributed by atoms with Crippen molar-refractivity contribution in [3.8, 4) is 0 Å². The monoisotopic (exact) mass is 502 g/mol. The van der Waals surface area contributed by atoms with Gasteiger partial charge in [0.15, 0.2) is 6.54 Å². The number of esters is 1. The summed E-state index contributed by atoms with van der Waals surface area (Å²) in [5.41, 5.74) is 5.97. The number of nitrogens with zero attached hydrogens (tertiary/aromatic N) is 3. The number of aryl methyl sites for hydroxylation is 1. The van der Waals surface area contributed by atoms with Crippen LogP contribution < -0.4 is 0 Å². The lowest BCUT2D eigenvalue weighted by molar-refractivity contribution is -0.862. The van der Waals surface area contributed by atoms with Gasteiger partial charge < -0.3 is 9.22 Å². The zero-order valence-corrected chi connectivity index (χ0v) is 23.6. The number of hydrogen-bond donors (Lipinski definition) is 0. The van der Waals surface area contributed by atoms with Crippen LogP contribution >= 0.6 is 0 Å². The first kappa shape index (κ1) is 24.9. The number of carbonyl (C=O) groups is 1. The van der Waals surface area contributed by atoms with Gasteiger partial charge in [0.2, 0.25) is 0 Å². The van der Waals surface area contributed by atoms with Gasteiger partial charge in [-0.2, -0.15) is 5.10 Å². The summed E-state index contributed by atoms with van der Waals surface area (Å²) in [6.45, 7) is 5.50. The fraction of sp³-hybridized carbons (Fsp3) is 0.625. The number of fused-ring (bicyclic) bond motifs is 6. The summed E-state index contributed by atoms with van der Waals surface area (Å²) in [5.74, 6) is 2.07. The SMILES string of the molecule is Cn1nc2ccccc2c1C1=CCC2C3CC=C4C[C@@H](OC(=O)C[N+](C)(C)C)CC[C@]4(C)C3CC[C@]12C. The lowest BCUT2D eigenvalue weighted by atomic mass is 9.47. The molecule has 6 rings (SSSR count). The summed E-state index contributed by atoms with van der Waals surface area (Å²) >= 11 is 0. The molecule has 5 nitrogen and oxygen atoms in total. The molecule has 1 heterocycles. The minimum Gasteiger partial charge on any atom is -0.458 e. The number of aromatic nitrogens is 2. The van der Waals surface area contributed by atoms with Crippen LogP contribution in [0.5, 0.6) is 0 Å². The molecule has 5 heteroatoms. The lowest BCUT2D eigenvalue weighted by Gasteiger charge is -2.57. The van der Waals surface area contributed by atoms with Gasteiger partial charge in [-0.15, -0.1) is 0 Å². The van der Waals surface area contributed by atoms with Crippen LogP contribution in [0.25, 0.3) is 16.5 Å². The maximum Gasteiger partial charge on any atom is 0.362 e. The van der Waals surface area contributed by atoms with Crippen molar-refractivity contribution in [3.63, 3.8) is 0 Å². The van der Waals surface area contributed by atoms with Crippen molar-refractivity contribution in [2.75, 3.05) is 27.7 Å². The molecule has 3 unspecified atom stereocenters. The molecule has 4 aliphatic carbocycles. The largest absolute Gasteiger partial charge is 0.458 e. The number of carbonyl (C=O) groups excluding carboxylic acids is 1. The molecule has 1 aromatic heterocycles. The third-order valence-electron chi connectivity index (χ3n) is 10.5. The third-order valence-corrected chi connectivity index (χ3v) is 10.5. The molecule has 2 aromatic rings. The number of rotatable bonds is 4. The molecule has 2 saturated carbocycles. The van der Waals surface area contributed by atoms with Gasteiger partial charge in [0, 0.05) is 18.9 Å². The first-order valence-corrected chi connectivity index (χ1v) is 14.3. The van der Waals surface area contributed by atoms with E-state index in [1.807, 2.05) is 21.1 Å². The second-order valence-electron chi connectivity index (χ2n) is 13.9. The van der Waals surface area contributed by atoms with Crippen LogP contribution in [0.3, 0.4) is 0 Å². The van der Waals surface area contributed by atoms with Crippen LogP contribution in [0.15, 0.2) is 42.0 Å². The summed E-state index contributed by atoms with van der Waals surface area (Å²) in [4.78, 5) is 12.5. The minimum absolute atomic E-state index is 0.0432. The fourth-order valence-corrected chi connectivity index (χ4v) is 8.74. The Labute approximate surface area is 222 Å². The van der Waals surface area contributed by atoms with Gasteiger partial charge in [0.1, 0.15) is 6.10 Å². The topological polar surface area (TPSA) is 44.1 Å². The molecule has 2 fully saturated rings. The fourth-order valence-electron chi connectivity index (χ4n) is 8.74. The molecule has 0 saturated heterocycles. The van der Waals surface area contributed by atoms with Crippen LogP contribution in [0.4, 0.5) is 0 Å². The van der Waals surface area contributed by atoms with Crippen molar-refractivity contribution in [2.45, 2.75) is 64.9 Å². The summed E-state index contributed by atoms with van der Waals surface area (Å²) in [5, 5.41) is 6.14. The van der Waals surface area contributed by atoms with Crippen LogP contribution in [-0.4, -0.2) is 54.0 Å². The molecule has 0 radical (unpaired) electrons. The number of allylic oxidation sites excluding steroid dienone is 3. The average Bonchev–Trinajstić information content (AvgIpc) is 3.33. The summed E-state index contributed by atoms with van der Waals surface area (Å²) in [6.07, 6.45) is 13.1. The molecule has 0 N–H and O–H groups in total. The van der Waals surface area contributed by atoms with Crippen molar-refractivity contribution in [1.29, 1.82) is 0 Å². The van der Waals surface area contributed by atoms with Gasteiger partial charge in [-0.3, -0.25) is 4.68 Å². The van der Waals surface area contributed by atoms with E-state index in [0.29, 0.717) is 16.9 Å². The van der Waals surface area contributed by atoms with E-state index in [1.54, 1.807) is 5.57 Å². The van der Waals surface area contributed by atoms with E-state index in [-0.39, 0.29) is 22.9 Å². The Morgan fingerprint density at radius 3 is 2.59 bits per heavy atom. The Morgan fingerprint density at radius 1 is 1.05 bits per heavy atom. The minimum atomic E-state index is -0.0592. The van der Waals surface area contributed by atoms with Crippen molar-refractivity contribution in [1.82, 2.24) is 9.78 Å². The van der Waals surface area contributed by atoms with Gasteiger partial charge in [0.05, 0.1) is 32.4 Å². The molecular weight excluding hydrogens is 458 g/mol. The van der Waals surface area contributed by atoms with Crippen LogP contribution in [0, 0.1) is 28.6 Å². The molecule has 1 aromatic carbocycles. The molecular formula is C32H44N3O2+. The number of quaternary nitrogens is 1. The van der Waals surface area contributed by atoms with Gasteiger partial charge in [-0.1, -0.05) is 49.8 Å². The quantitative estimate of drug-likeness (QED) is 0.286. The van der Waals surface area contributed by atoms with Crippen molar-refractivity contribution in [2.24, 2.45) is 35.6 Å². The first-order chi connectivity index (χ1) is 17.5. The maximum atomic E-state index is 12.5. The molecule has 0 aliphatic heterocycles. The van der Waals surface area contributed by atoms with Crippen LogP contribution in [0.2, 0.25) is 0 Å². The Morgan fingerprint density at radius 2 is 1.81 bits per heavy atom. The lowest BCUT2D eigenvalue weighted by Crippen LogP contribution is -2.50. The summed E-state index contributed by atoms with van der Waals surface area (Å²) in [7, 11) is 8.24. The zero-order valence-electron chi connectivity index (χ0n) is 23.6. The number of ether oxygens (including phenoxy) is 1. The van der Waals surface area contributed by atoms with Gasteiger partial charge in [0.25, 0.3) is 0 Å². The van der Waals surface area contributed by atoms with E-state index < -0.39 is 0 Å². The molecule has 198 valence electrons. The van der Waals surface area contributed by atoms with E-state index >= 15 is 0 Å². The Kier molecular flexibility index (Phi) is 5.76. The zero-order chi connectivity index (χ0) is 26.2. The van der Waals surface area contributed by atoms with E-state index in [0.717, 1.165) is 36.6 Å². The van der Waals surface area contributed by atoms with Gasteiger partial charge >= 0.3 is 5.97 Å². The average molecular weight is 503 g/mol. The van der Waals surface area contributed by atoms with Crippen molar-refractivity contribution < 1.29 is 14.0 Å². The van der Waals surface area contributed by atoms with Crippen molar-refractivity contribution in [3.05, 3.63) is 47.7 Å². The van der Waals surface area contributed by atoms with Crippen LogP contribution in [0.1, 0.15) is 64.5 Å². The Hall–Kier alpha value is -2.40. The Balaban J connectivity index is 1.23. The molecule has 4 aliphatic rings. The highest BCUT2D eigenvalue weighted by atomic mass is 16.5. The predicted molar refractivity (Wildman–Crippen MR) is 149 cm³/mol. The van der Waals surface area contributed by atoms with E-state index in [4.69, 9.17) is 9.84 Å². The second kappa shape index (κ2) is 8.56. The second-order valence-corrected chi connectivity index (χ2v) is 13.9. The van der Waals surface area contributed by atoms with Gasteiger partial charge in [-0.05, 0) is 78.7 Å². The molecule has 0 bridgehead atoms. The van der Waals surface area contributed by atoms with Gasteiger partial charge in [-0.25, -0.2) is 4.79 Å². The first-order valence-electron chi connectivity index (χ1n) is 14.3.